The summed E-state index contributed by atoms with van der Waals surface area (Å²) in [5.74, 6) is 0.350. The molecule has 0 bridgehead atoms. The van der Waals surface area contributed by atoms with Crippen molar-refractivity contribution >= 4 is 27.0 Å². The zero-order valence-corrected chi connectivity index (χ0v) is 7.71. The maximum Gasteiger partial charge on any atom is 0.221 e. The Kier molecular flexibility index (Phi) is 1.86. The van der Waals surface area contributed by atoms with E-state index in [1.165, 1.54) is 0 Å². The summed E-state index contributed by atoms with van der Waals surface area (Å²) in [4.78, 5) is 4.03. The number of fused-ring (bicyclic) bond motifs is 1. The highest BCUT2D eigenvalue weighted by atomic mass is 79.9. The molecule has 0 saturated carbocycles. The Morgan fingerprint density at radius 1 is 1.50 bits per heavy atom. The molecule has 0 aliphatic carbocycles. The number of rotatable bonds is 1. The van der Waals surface area contributed by atoms with E-state index >= 15 is 0 Å². The molecule has 0 fully saturated rings. The van der Waals surface area contributed by atoms with Gasteiger partial charge in [-0.25, -0.2) is 4.98 Å². The van der Waals surface area contributed by atoms with Crippen molar-refractivity contribution in [1.82, 2.24) is 4.98 Å². The molecule has 3 nitrogen and oxygen atoms in total. The van der Waals surface area contributed by atoms with E-state index < -0.39 is 0 Å². The van der Waals surface area contributed by atoms with Crippen LogP contribution in [-0.4, -0.2) is 10.1 Å². The van der Waals surface area contributed by atoms with Crippen LogP contribution >= 0.6 is 15.9 Å². The minimum Gasteiger partial charge on any atom is -0.438 e. The van der Waals surface area contributed by atoms with Gasteiger partial charge in [-0.1, -0.05) is 15.9 Å². The third kappa shape index (κ3) is 1.23. The van der Waals surface area contributed by atoms with Crippen molar-refractivity contribution in [3.05, 3.63) is 28.6 Å². The number of nitrogens with zero attached hydrogens (tertiary/aromatic N) is 1. The van der Waals surface area contributed by atoms with Gasteiger partial charge >= 0.3 is 0 Å². The van der Waals surface area contributed by atoms with Gasteiger partial charge in [0.1, 0.15) is 12.1 Å². The van der Waals surface area contributed by atoms with Crippen molar-refractivity contribution in [1.29, 1.82) is 0 Å². The number of aliphatic hydroxyl groups excluding tert-OH is 1. The van der Waals surface area contributed by atoms with E-state index in [1.807, 2.05) is 18.2 Å². The molecule has 1 N–H and O–H groups in total. The van der Waals surface area contributed by atoms with Gasteiger partial charge in [-0.3, -0.25) is 0 Å². The van der Waals surface area contributed by atoms with Crippen LogP contribution in [0.1, 0.15) is 5.89 Å². The summed E-state index contributed by atoms with van der Waals surface area (Å²) < 4.78 is 6.15. The van der Waals surface area contributed by atoms with E-state index in [4.69, 9.17) is 9.52 Å². The first-order valence-corrected chi connectivity index (χ1v) is 4.25. The van der Waals surface area contributed by atoms with Crippen LogP contribution in [0.5, 0.6) is 0 Å². The summed E-state index contributed by atoms with van der Waals surface area (Å²) in [6, 6.07) is 5.54. The lowest BCUT2D eigenvalue weighted by Gasteiger charge is -1.86. The topological polar surface area (TPSA) is 46.3 Å². The Morgan fingerprint density at radius 2 is 2.33 bits per heavy atom. The van der Waals surface area contributed by atoms with Crippen molar-refractivity contribution in [2.75, 3.05) is 0 Å². The maximum atomic E-state index is 8.74. The first-order valence-electron chi connectivity index (χ1n) is 3.45. The number of aromatic nitrogens is 1. The molecular weight excluding hydrogens is 222 g/mol. The fourth-order valence-electron chi connectivity index (χ4n) is 1.01. The van der Waals surface area contributed by atoms with E-state index in [-0.39, 0.29) is 6.61 Å². The van der Waals surface area contributed by atoms with Gasteiger partial charge in [0, 0.05) is 4.47 Å². The summed E-state index contributed by atoms with van der Waals surface area (Å²) in [7, 11) is 0. The minimum absolute atomic E-state index is 0.160. The normalized spacial score (nSPS) is 10.8. The minimum atomic E-state index is -0.160. The van der Waals surface area contributed by atoms with Crippen molar-refractivity contribution in [2.24, 2.45) is 0 Å². The van der Waals surface area contributed by atoms with Crippen LogP contribution in [0.15, 0.2) is 27.1 Å². The molecule has 0 aliphatic heterocycles. The summed E-state index contributed by atoms with van der Waals surface area (Å²) in [5, 5.41) is 8.74. The Morgan fingerprint density at radius 3 is 3.08 bits per heavy atom. The first-order chi connectivity index (χ1) is 5.79. The van der Waals surface area contributed by atoms with Gasteiger partial charge in [-0.15, -0.1) is 0 Å². The molecule has 0 unspecified atom stereocenters. The first kappa shape index (κ1) is 7.76. The quantitative estimate of drug-likeness (QED) is 0.812. The van der Waals surface area contributed by atoms with Crippen LogP contribution < -0.4 is 0 Å². The Hall–Kier alpha value is -0.870. The second-order valence-corrected chi connectivity index (χ2v) is 3.29. The van der Waals surface area contributed by atoms with Gasteiger partial charge in [0.05, 0.1) is 0 Å². The lowest BCUT2D eigenvalue weighted by molar-refractivity contribution is 0.244. The standard InChI is InChI=1S/C8H6BrNO2/c9-5-1-2-6-7(3-5)12-8(4-11)10-6/h1-3,11H,4H2. The third-order valence-electron chi connectivity index (χ3n) is 1.53. The van der Waals surface area contributed by atoms with Crippen LogP contribution in [0, 0.1) is 0 Å². The van der Waals surface area contributed by atoms with Crippen molar-refractivity contribution in [3.8, 4) is 0 Å². The third-order valence-corrected chi connectivity index (χ3v) is 2.02. The van der Waals surface area contributed by atoms with Crippen molar-refractivity contribution in [2.45, 2.75) is 6.61 Å². The second-order valence-electron chi connectivity index (χ2n) is 2.38. The molecule has 0 radical (unpaired) electrons. The van der Waals surface area contributed by atoms with Crippen LogP contribution in [-0.2, 0) is 6.61 Å². The fraction of sp³-hybridized carbons (Fsp3) is 0.125. The summed E-state index contributed by atoms with van der Waals surface area (Å²) >= 11 is 3.31. The van der Waals surface area contributed by atoms with Gasteiger partial charge in [-0.2, -0.15) is 0 Å². The lowest BCUT2D eigenvalue weighted by Crippen LogP contribution is -1.78. The Labute approximate surface area is 77.2 Å². The molecule has 1 aromatic carbocycles. The molecule has 0 atom stereocenters. The molecule has 1 aromatic heterocycles. The highest BCUT2D eigenvalue weighted by molar-refractivity contribution is 9.10. The fourth-order valence-corrected chi connectivity index (χ4v) is 1.35. The molecular formula is C8H6BrNO2. The van der Waals surface area contributed by atoms with E-state index in [0.717, 1.165) is 9.99 Å². The summed E-state index contributed by atoms with van der Waals surface area (Å²) in [6.45, 7) is -0.160. The van der Waals surface area contributed by atoms with E-state index in [9.17, 15) is 0 Å². The Bertz CT molecular complexity index is 410. The smallest absolute Gasteiger partial charge is 0.221 e. The SMILES string of the molecule is OCc1nc2ccc(Br)cc2o1. The molecule has 12 heavy (non-hydrogen) atoms. The van der Waals surface area contributed by atoms with Crippen molar-refractivity contribution < 1.29 is 9.52 Å². The van der Waals surface area contributed by atoms with Crippen molar-refractivity contribution in [3.63, 3.8) is 0 Å². The molecule has 0 saturated heterocycles. The number of hydrogen-bond donors (Lipinski definition) is 1. The van der Waals surface area contributed by atoms with Crippen LogP contribution in [0.4, 0.5) is 0 Å². The zero-order chi connectivity index (χ0) is 8.55. The van der Waals surface area contributed by atoms with Crippen LogP contribution in [0.2, 0.25) is 0 Å². The second kappa shape index (κ2) is 2.88. The monoisotopic (exact) mass is 227 g/mol. The molecule has 0 aliphatic rings. The van der Waals surface area contributed by atoms with Gasteiger partial charge in [0.25, 0.3) is 0 Å². The average molecular weight is 228 g/mol. The number of benzene rings is 1. The molecule has 2 aromatic rings. The summed E-state index contributed by atoms with van der Waals surface area (Å²) in [6.07, 6.45) is 0. The van der Waals surface area contributed by atoms with Crippen LogP contribution in [0.25, 0.3) is 11.1 Å². The highest BCUT2D eigenvalue weighted by Gasteiger charge is 2.03. The largest absolute Gasteiger partial charge is 0.438 e. The van der Waals surface area contributed by atoms with Gasteiger partial charge < -0.3 is 9.52 Å². The molecule has 1 heterocycles. The van der Waals surface area contributed by atoms with Crippen LogP contribution in [0.3, 0.4) is 0 Å². The predicted molar refractivity (Wildman–Crippen MR) is 47.6 cm³/mol. The predicted octanol–water partition coefficient (Wildman–Crippen LogP) is 2.08. The number of halogens is 1. The van der Waals surface area contributed by atoms with Gasteiger partial charge in [0.15, 0.2) is 5.58 Å². The average Bonchev–Trinajstić information content (AvgIpc) is 2.46. The highest BCUT2D eigenvalue weighted by Crippen LogP contribution is 2.20. The molecule has 2 rings (SSSR count). The van der Waals surface area contributed by atoms with Gasteiger partial charge in [-0.05, 0) is 18.2 Å². The maximum absolute atomic E-state index is 8.74. The molecule has 62 valence electrons. The molecule has 0 amide bonds. The number of aliphatic hydroxyl groups is 1. The summed E-state index contributed by atoms with van der Waals surface area (Å²) in [5.41, 5.74) is 1.45. The number of hydrogen-bond acceptors (Lipinski definition) is 3. The Balaban J connectivity index is 2.67. The number of oxazole rings is 1. The van der Waals surface area contributed by atoms with Gasteiger partial charge in [0.2, 0.25) is 5.89 Å². The zero-order valence-electron chi connectivity index (χ0n) is 6.12. The van der Waals surface area contributed by atoms with E-state index in [0.29, 0.717) is 11.5 Å². The van der Waals surface area contributed by atoms with E-state index in [2.05, 4.69) is 20.9 Å². The lowest BCUT2D eigenvalue weighted by atomic mass is 10.3. The molecule has 4 heteroatoms. The molecule has 0 spiro atoms. The van der Waals surface area contributed by atoms with E-state index in [1.54, 1.807) is 0 Å².